The van der Waals surface area contributed by atoms with Crippen molar-refractivity contribution in [1.29, 1.82) is 0 Å². The van der Waals surface area contributed by atoms with Gasteiger partial charge < -0.3 is 10.2 Å². The second-order valence-corrected chi connectivity index (χ2v) is 11.3. The fourth-order valence-electron chi connectivity index (χ4n) is 3.77. The topological polar surface area (TPSA) is 86.8 Å². The molecule has 3 aromatic carbocycles. The molecule has 0 aliphatic heterocycles. The molecule has 3 rings (SSSR count). The maximum absolute atomic E-state index is 13.8. The van der Waals surface area contributed by atoms with Crippen LogP contribution in [0.4, 0.5) is 5.69 Å². The molecule has 0 aromatic heterocycles. The van der Waals surface area contributed by atoms with Gasteiger partial charge in [-0.1, -0.05) is 65.2 Å². The molecule has 7 nitrogen and oxygen atoms in total. The summed E-state index contributed by atoms with van der Waals surface area (Å²) in [4.78, 5) is 27.7. The maximum Gasteiger partial charge on any atom is 0.264 e. The summed E-state index contributed by atoms with van der Waals surface area (Å²) in [6.07, 6.45) is 0. The highest BCUT2D eigenvalue weighted by Gasteiger charge is 2.32. The predicted octanol–water partition coefficient (Wildman–Crippen LogP) is 4.97. The van der Waals surface area contributed by atoms with Crippen LogP contribution >= 0.6 is 23.2 Å². The van der Waals surface area contributed by atoms with Crippen molar-refractivity contribution in [3.63, 3.8) is 0 Å². The number of hydrogen-bond acceptors (Lipinski definition) is 4. The monoisotopic (exact) mass is 561 g/mol. The van der Waals surface area contributed by atoms with E-state index in [1.807, 2.05) is 38.1 Å². The number of nitrogens with one attached hydrogen (secondary N) is 1. The van der Waals surface area contributed by atoms with Crippen LogP contribution in [0.25, 0.3) is 0 Å². The number of anilines is 1. The van der Waals surface area contributed by atoms with Gasteiger partial charge in [-0.2, -0.15) is 0 Å². The van der Waals surface area contributed by atoms with Crippen LogP contribution in [0, 0.1) is 13.8 Å². The van der Waals surface area contributed by atoms with Crippen molar-refractivity contribution < 1.29 is 18.0 Å². The molecule has 0 spiro atoms. The quantitative estimate of drug-likeness (QED) is 0.399. The Balaban J connectivity index is 2.07. The van der Waals surface area contributed by atoms with Crippen molar-refractivity contribution in [2.24, 2.45) is 0 Å². The van der Waals surface area contributed by atoms with Gasteiger partial charge in [0, 0.05) is 13.6 Å². The number of rotatable bonds is 9. The molecule has 0 heterocycles. The second-order valence-electron chi connectivity index (χ2n) is 8.66. The maximum atomic E-state index is 13.8. The first-order valence-corrected chi connectivity index (χ1v) is 13.7. The molecule has 0 radical (unpaired) electrons. The van der Waals surface area contributed by atoms with E-state index < -0.39 is 28.5 Å². The van der Waals surface area contributed by atoms with Crippen LogP contribution in [0.3, 0.4) is 0 Å². The SMILES string of the molecule is CNC(=O)C(C)N(Cc1ccccc1C)C(=O)CN(c1ccc(Cl)c(Cl)c1)S(=O)(=O)c1ccc(C)cc1. The summed E-state index contributed by atoms with van der Waals surface area (Å²) >= 11 is 12.3. The van der Waals surface area contributed by atoms with E-state index in [9.17, 15) is 18.0 Å². The summed E-state index contributed by atoms with van der Waals surface area (Å²) in [6, 6.07) is 17.3. The Morgan fingerprint density at radius 2 is 1.59 bits per heavy atom. The molecule has 0 saturated carbocycles. The fourth-order valence-corrected chi connectivity index (χ4v) is 5.47. The Morgan fingerprint density at radius 3 is 2.19 bits per heavy atom. The zero-order valence-electron chi connectivity index (χ0n) is 21.0. The molecule has 196 valence electrons. The molecule has 0 aliphatic carbocycles. The van der Waals surface area contributed by atoms with Gasteiger partial charge in [-0.3, -0.25) is 13.9 Å². The number of halogens is 2. The highest BCUT2D eigenvalue weighted by atomic mass is 35.5. The first-order valence-electron chi connectivity index (χ1n) is 11.6. The molecule has 0 aliphatic rings. The molecule has 1 atom stereocenters. The van der Waals surface area contributed by atoms with E-state index in [-0.39, 0.29) is 33.1 Å². The van der Waals surface area contributed by atoms with Gasteiger partial charge in [0.05, 0.1) is 20.6 Å². The minimum absolute atomic E-state index is 0.0155. The van der Waals surface area contributed by atoms with Crippen LogP contribution in [0.15, 0.2) is 71.6 Å². The third-order valence-corrected chi connectivity index (χ3v) is 8.62. The third-order valence-electron chi connectivity index (χ3n) is 6.09. The molecule has 37 heavy (non-hydrogen) atoms. The van der Waals surface area contributed by atoms with Gasteiger partial charge in [0.2, 0.25) is 11.8 Å². The number of benzene rings is 3. The van der Waals surface area contributed by atoms with Crippen LogP contribution in [-0.2, 0) is 26.2 Å². The van der Waals surface area contributed by atoms with Gasteiger partial charge >= 0.3 is 0 Å². The van der Waals surface area contributed by atoms with Crippen LogP contribution in [0.5, 0.6) is 0 Å². The Hall–Kier alpha value is -3.07. The Bertz CT molecular complexity index is 1400. The number of nitrogens with zero attached hydrogens (tertiary/aromatic N) is 2. The number of carbonyl (C=O) groups excluding carboxylic acids is 2. The number of hydrogen-bond donors (Lipinski definition) is 1. The van der Waals surface area contributed by atoms with Gasteiger partial charge in [-0.15, -0.1) is 0 Å². The van der Waals surface area contributed by atoms with E-state index in [4.69, 9.17) is 23.2 Å². The summed E-state index contributed by atoms with van der Waals surface area (Å²) in [5.41, 5.74) is 2.85. The third kappa shape index (κ3) is 6.63. The van der Waals surface area contributed by atoms with Crippen molar-refractivity contribution >= 4 is 50.7 Å². The standard InChI is InChI=1S/C27H29Cl2N3O4S/c1-18-9-12-23(13-10-18)37(35,36)32(22-11-14-24(28)25(29)15-22)17-26(33)31(20(3)27(34)30-4)16-21-8-6-5-7-19(21)2/h5-15,20H,16-17H2,1-4H3,(H,30,34). The lowest BCUT2D eigenvalue weighted by Gasteiger charge is -2.32. The molecule has 10 heteroatoms. The van der Waals surface area contributed by atoms with Crippen molar-refractivity contribution in [3.8, 4) is 0 Å². The van der Waals surface area contributed by atoms with Crippen LogP contribution in [-0.4, -0.2) is 44.8 Å². The fraction of sp³-hybridized carbons (Fsp3) is 0.259. The average molecular weight is 563 g/mol. The minimum Gasteiger partial charge on any atom is -0.357 e. The van der Waals surface area contributed by atoms with Gasteiger partial charge in [0.25, 0.3) is 10.0 Å². The van der Waals surface area contributed by atoms with Gasteiger partial charge in [-0.05, 0) is 62.2 Å². The highest BCUT2D eigenvalue weighted by molar-refractivity contribution is 7.92. The van der Waals surface area contributed by atoms with Gasteiger partial charge in [0.1, 0.15) is 12.6 Å². The molecule has 1 N–H and O–H groups in total. The highest BCUT2D eigenvalue weighted by Crippen LogP contribution is 2.31. The first-order chi connectivity index (χ1) is 17.4. The molecular weight excluding hydrogens is 533 g/mol. The summed E-state index contributed by atoms with van der Waals surface area (Å²) in [7, 11) is -2.69. The lowest BCUT2D eigenvalue weighted by molar-refractivity contribution is -0.139. The number of carbonyl (C=O) groups is 2. The molecule has 1 unspecified atom stereocenters. The molecule has 0 saturated heterocycles. The Morgan fingerprint density at radius 1 is 0.946 bits per heavy atom. The van der Waals surface area contributed by atoms with Crippen molar-refractivity contribution in [2.75, 3.05) is 17.9 Å². The summed E-state index contributed by atoms with van der Waals surface area (Å²) in [5, 5.41) is 2.96. The number of sulfonamides is 1. The normalized spacial score (nSPS) is 12.1. The number of aryl methyl sites for hydroxylation is 2. The molecule has 0 bridgehead atoms. The van der Waals surface area contributed by atoms with Crippen molar-refractivity contribution in [3.05, 3.63) is 93.5 Å². The predicted molar refractivity (Wildman–Crippen MR) is 147 cm³/mol. The Labute approximate surface area is 228 Å². The van der Waals surface area contributed by atoms with E-state index in [1.54, 1.807) is 19.1 Å². The minimum atomic E-state index is -4.18. The van der Waals surface area contributed by atoms with Gasteiger partial charge in [-0.25, -0.2) is 8.42 Å². The summed E-state index contributed by atoms with van der Waals surface area (Å²) < 4.78 is 28.5. The van der Waals surface area contributed by atoms with Crippen LogP contribution in [0.1, 0.15) is 23.6 Å². The molecular formula is C27H29Cl2N3O4S. The smallest absolute Gasteiger partial charge is 0.264 e. The second kappa shape index (κ2) is 12.0. The van der Waals surface area contributed by atoms with Crippen molar-refractivity contribution in [2.45, 2.75) is 38.3 Å². The summed E-state index contributed by atoms with van der Waals surface area (Å²) in [5.74, 6) is -0.925. The number of likely N-dealkylation sites (N-methyl/N-ethyl adjacent to an activating group) is 1. The van der Waals surface area contributed by atoms with E-state index >= 15 is 0 Å². The lowest BCUT2D eigenvalue weighted by Crippen LogP contribution is -2.50. The molecule has 2 amide bonds. The van der Waals surface area contributed by atoms with Crippen LogP contribution < -0.4 is 9.62 Å². The van der Waals surface area contributed by atoms with Crippen LogP contribution in [0.2, 0.25) is 10.0 Å². The zero-order chi connectivity index (χ0) is 27.3. The molecule has 3 aromatic rings. The van der Waals surface area contributed by atoms with E-state index in [2.05, 4.69) is 5.32 Å². The number of amides is 2. The lowest BCUT2D eigenvalue weighted by atomic mass is 10.1. The van der Waals surface area contributed by atoms with E-state index in [0.29, 0.717) is 0 Å². The van der Waals surface area contributed by atoms with Crippen molar-refractivity contribution in [1.82, 2.24) is 10.2 Å². The average Bonchev–Trinajstić information content (AvgIpc) is 2.87. The van der Waals surface area contributed by atoms with E-state index in [0.717, 1.165) is 21.0 Å². The molecule has 0 fully saturated rings. The first kappa shape index (κ1) is 28.5. The van der Waals surface area contributed by atoms with E-state index in [1.165, 1.54) is 42.3 Å². The summed E-state index contributed by atoms with van der Waals surface area (Å²) in [6.45, 7) is 4.93. The Kier molecular flexibility index (Phi) is 9.23. The largest absolute Gasteiger partial charge is 0.357 e. The van der Waals surface area contributed by atoms with Gasteiger partial charge in [0.15, 0.2) is 0 Å². The zero-order valence-corrected chi connectivity index (χ0v) is 23.4.